The van der Waals surface area contributed by atoms with Gasteiger partial charge < -0.3 is 10.2 Å². The van der Waals surface area contributed by atoms with Gasteiger partial charge in [-0.2, -0.15) is 0 Å². The van der Waals surface area contributed by atoms with E-state index < -0.39 is 0 Å². The van der Waals surface area contributed by atoms with Crippen LogP contribution in [0, 0.1) is 47.4 Å². The Labute approximate surface area is 199 Å². The second-order valence-electron chi connectivity index (χ2n) is 7.13. The normalized spacial score (nSPS) is 9.06. The molecule has 4 aromatic rings. The van der Waals surface area contributed by atoms with Crippen molar-refractivity contribution in [2.75, 3.05) is 0 Å². The van der Waals surface area contributed by atoms with Crippen LogP contribution in [0.4, 0.5) is 0 Å². The molecule has 0 aliphatic heterocycles. The zero-order valence-corrected chi connectivity index (χ0v) is 18.1. The van der Waals surface area contributed by atoms with Crippen molar-refractivity contribution in [3.8, 4) is 58.9 Å². The monoisotopic (exact) mass is 434 g/mol. The average molecular weight is 434 g/mol. The molecule has 0 saturated heterocycles. The Balaban J connectivity index is 1.58. The Bertz CT molecular complexity index is 1470. The van der Waals surface area contributed by atoms with Gasteiger partial charge in [0.2, 0.25) is 0 Å². The van der Waals surface area contributed by atoms with E-state index >= 15 is 0 Å². The molecule has 0 radical (unpaired) electrons. The Morgan fingerprint density at radius 1 is 0.324 bits per heavy atom. The first kappa shape index (κ1) is 21.9. The first-order valence-electron chi connectivity index (χ1n) is 10.5. The summed E-state index contributed by atoms with van der Waals surface area (Å²) in [4.78, 5) is 0. The summed E-state index contributed by atoms with van der Waals surface area (Å²) in [6.45, 7) is 0. The van der Waals surface area contributed by atoms with Crippen molar-refractivity contribution in [2.45, 2.75) is 0 Å². The molecule has 0 heterocycles. The molecule has 2 heteroatoms. The lowest BCUT2D eigenvalue weighted by atomic mass is 10.1. The van der Waals surface area contributed by atoms with Crippen LogP contribution in [0.3, 0.4) is 0 Å². The standard InChI is InChI=1S/C32H18O2/c33-31-19-9-7-17-29(31)23-21-27-15-5-3-13-25(27)11-1-2-12-26-14-4-6-16-28(26)22-24-30-18-8-10-20-32(30)34/h3-10,13-20,33-34H. The van der Waals surface area contributed by atoms with E-state index in [-0.39, 0.29) is 11.5 Å². The molecule has 158 valence electrons. The van der Waals surface area contributed by atoms with E-state index in [4.69, 9.17) is 0 Å². The van der Waals surface area contributed by atoms with Gasteiger partial charge in [0.05, 0.1) is 11.1 Å². The Morgan fingerprint density at radius 3 is 0.941 bits per heavy atom. The largest absolute Gasteiger partial charge is 0.507 e. The highest BCUT2D eigenvalue weighted by Crippen LogP contribution is 2.15. The fourth-order valence-electron chi connectivity index (χ4n) is 3.03. The van der Waals surface area contributed by atoms with Crippen LogP contribution in [0.1, 0.15) is 33.4 Å². The Kier molecular flexibility index (Phi) is 7.00. The van der Waals surface area contributed by atoms with Gasteiger partial charge in [-0.05, 0) is 60.4 Å². The van der Waals surface area contributed by atoms with Crippen molar-refractivity contribution in [1.29, 1.82) is 0 Å². The molecule has 0 aliphatic carbocycles. The quantitative estimate of drug-likeness (QED) is 0.369. The maximum Gasteiger partial charge on any atom is 0.131 e. The molecule has 0 fully saturated rings. The fourth-order valence-corrected chi connectivity index (χ4v) is 3.03. The highest BCUT2D eigenvalue weighted by Gasteiger charge is 1.98. The van der Waals surface area contributed by atoms with Crippen LogP contribution in [0.25, 0.3) is 0 Å². The molecule has 2 nitrogen and oxygen atoms in total. The van der Waals surface area contributed by atoms with Crippen molar-refractivity contribution in [1.82, 2.24) is 0 Å². The van der Waals surface area contributed by atoms with Gasteiger partial charge in [0.1, 0.15) is 11.5 Å². The number of hydrogen-bond donors (Lipinski definition) is 2. The lowest BCUT2D eigenvalue weighted by Crippen LogP contribution is -1.84. The summed E-state index contributed by atoms with van der Waals surface area (Å²) < 4.78 is 0. The molecule has 34 heavy (non-hydrogen) atoms. The Hall–Kier alpha value is -5.28. The molecule has 4 aromatic carbocycles. The van der Waals surface area contributed by atoms with Gasteiger partial charge in [0.25, 0.3) is 0 Å². The van der Waals surface area contributed by atoms with Crippen LogP contribution in [-0.4, -0.2) is 10.2 Å². The SMILES string of the molecule is Oc1ccccc1C#Cc1ccccc1C#CC#Cc1ccccc1C#Cc1ccccc1O. The van der Waals surface area contributed by atoms with Crippen LogP contribution in [-0.2, 0) is 0 Å². The molecular weight excluding hydrogens is 416 g/mol. The van der Waals surface area contributed by atoms with E-state index in [0.29, 0.717) is 11.1 Å². The van der Waals surface area contributed by atoms with Crippen molar-refractivity contribution in [2.24, 2.45) is 0 Å². The minimum atomic E-state index is 0.147. The van der Waals surface area contributed by atoms with Gasteiger partial charge in [-0.3, -0.25) is 0 Å². The average Bonchev–Trinajstić information content (AvgIpc) is 2.87. The first-order chi connectivity index (χ1) is 16.7. The van der Waals surface area contributed by atoms with Gasteiger partial charge in [0.15, 0.2) is 0 Å². The fraction of sp³-hybridized carbons (Fsp3) is 0. The lowest BCUT2D eigenvalue weighted by Gasteiger charge is -1.96. The van der Waals surface area contributed by atoms with Gasteiger partial charge in [-0.15, -0.1) is 0 Å². The molecule has 2 N–H and O–H groups in total. The van der Waals surface area contributed by atoms with E-state index in [1.165, 1.54) is 0 Å². The third-order valence-corrected chi connectivity index (χ3v) is 4.78. The lowest BCUT2D eigenvalue weighted by molar-refractivity contribution is 0.473. The second kappa shape index (κ2) is 10.8. The highest BCUT2D eigenvalue weighted by molar-refractivity contribution is 5.58. The summed E-state index contributed by atoms with van der Waals surface area (Å²) in [5.74, 6) is 24.3. The molecular formula is C32H18O2. The van der Waals surface area contributed by atoms with E-state index in [1.807, 2.05) is 60.7 Å². The highest BCUT2D eigenvalue weighted by atomic mass is 16.3. The molecule has 0 atom stereocenters. The van der Waals surface area contributed by atoms with Crippen molar-refractivity contribution in [3.05, 3.63) is 130 Å². The van der Waals surface area contributed by atoms with Crippen LogP contribution >= 0.6 is 0 Å². The first-order valence-corrected chi connectivity index (χ1v) is 10.5. The third-order valence-electron chi connectivity index (χ3n) is 4.78. The minimum absolute atomic E-state index is 0.147. The van der Waals surface area contributed by atoms with Crippen LogP contribution in [0.2, 0.25) is 0 Å². The van der Waals surface area contributed by atoms with Gasteiger partial charge >= 0.3 is 0 Å². The topological polar surface area (TPSA) is 40.5 Å². The predicted molar refractivity (Wildman–Crippen MR) is 135 cm³/mol. The molecule has 0 spiro atoms. The van der Waals surface area contributed by atoms with E-state index in [9.17, 15) is 10.2 Å². The van der Waals surface area contributed by atoms with Crippen molar-refractivity contribution >= 4 is 0 Å². The predicted octanol–water partition coefficient (Wildman–Crippen LogP) is 5.30. The molecule has 0 amide bonds. The number of benzene rings is 4. The minimum Gasteiger partial charge on any atom is -0.507 e. The zero-order valence-electron chi connectivity index (χ0n) is 18.1. The van der Waals surface area contributed by atoms with E-state index in [0.717, 1.165) is 22.3 Å². The maximum absolute atomic E-state index is 9.91. The summed E-state index contributed by atoms with van der Waals surface area (Å²) in [5.41, 5.74) is 4.15. The number of para-hydroxylation sites is 2. The van der Waals surface area contributed by atoms with Crippen molar-refractivity contribution in [3.63, 3.8) is 0 Å². The number of phenolic OH excluding ortho intramolecular Hbond substituents is 2. The number of phenols is 2. The molecule has 0 aliphatic rings. The second-order valence-corrected chi connectivity index (χ2v) is 7.13. The van der Waals surface area contributed by atoms with Crippen molar-refractivity contribution < 1.29 is 10.2 Å². The Morgan fingerprint density at radius 2 is 0.588 bits per heavy atom. The van der Waals surface area contributed by atoms with Gasteiger partial charge in [0, 0.05) is 22.3 Å². The summed E-state index contributed by atoms with van der Waals surface area (Å²) in [6.07, 6.45) is 0. The molecule has 4 rings (SSSR count). The summed E-state index contributed by atoms with van der Waals surface area (Å²) in [7, 11) is 0. The number of aromatic hydroxyl groups is 2. The number of rotatable bonds is 0. The van der Waals surface area contributed by atoms with Crippen LogP contribution in [0.5, 0.6) is 11.5 Å². The van der Waals surface area contributed by atoms with Crippen LogP contribution < -0.4 is 0 Å². The summed E-state index contributed by atoms with van der Waals surface area (Å²) in [6, 6.07) is 29.0. The molecule has 0 bridgehead atoms. The maximum atomic E-state index is 9.91. The zero-order chi connectivity index (χ0) is 23.6. The molecule has 0 saturated carbocycles. The smallest absolute Gasteiger partial charge is 0.131 e. The van der Waals surface area contributed by atoms with E-state index in [2.05, 4.69) is 47.4 Å². The van der Waals surface area contributed by atoms with Gasteiger partial charge in [-0.25, -0.2) is 0 Å². The van der Waals surface area contributed by atoms with Gasteiger partial charge in [-0.1, -0.05) is 84.1 Å². The summed E-state index contributed by atoms with van der Waals surface area (Å²) >= 11 is 0. The summed E-state index contributed by atoms with van der Waals surface area (Å²) in [5, 5.41) is 19.8. The van der Waals surface area contributed by atoms with Crippen LogP contribution in [0.15, 0.2) is 97.1 Å². The van der Waals surface area contributed by atoms with E-state index in [1.54, 1.807) is 36.4 Å². The molecule has 0 unspecified atom stereocenters. The molecule has 0 aromatic heterocycles. The third kappa shape index (κ3) is 5.69. The number of hydrogen-bond acceptors (Lipinski definition) is 2.